The average Bonchev–Trinajstić information content (AvgIpc) is 2.44. The molecule has 1 atom stereocenters. The Morgan fingerprint density at radius 1 is 1.36 bits per heavy atom. The van der Waals surface area contributed by atoms with Crippen molar-refractivity contribution in [2.75, 3.05) is 26.4 Å². The van der Waals surface area contributed by atoms with Gasteiger partial charge in [-0.3, -0.25) is 4.79 Å². The quantitative estimate of drug-likeness (QED) is 0.846. The van der Waals surface area contributed by atoms with Gasteiger partial charge in [0.2, 0.25) is 15.9 Å². The van der Waals surface area contributed by atoms with Gasteiger partial charge in [0.1, 0.15) is 0 Å². The zero-order chi connectivity index (χ0) is 16.5. The number of carbonyl (C=O) groups is 2. The number of hydrogen-bond acceptors (Lipinski definition) is 4. The lowest BCUT2D eigenvalue weighted by molar-refractivity contribution is -0.151. The van der Waals surface area contributed by atoms with Crippen molar-refractivity contribution in [1.82, 2.24) is 9.21 Å². The maximum absolute atomic E-state index is 12.3. The Kier molecular flexibility index (Phi) is 4.52. The van der Waals surface area contributed by atoms with E-state index in [0.717, 1.165) is 16.1 Å². The van der Waals surface area contributed by atoms with Crippen LogP contribution in [0, 0.1) is 0 Å². The molecule has 0 spiro atoms. The fourth-order valence-corrected chi connectivity index (χ4v) is 2.85. The minimum Gasteiger partial charge on any atom is -0.479 e. The molecule has 1 aliphatic rings. The Morgan fingerprint density at radius 2 is 2.00 bits per heavy atom. The standard InChI is InChI=1S/C14H18N2O5S/c1-15(22(2,20)21)9-12(17)16-8-7-10-5-3-4-6-11(10)13(16)14(18)19/h3-6,13H,7-9H2,1-2H3,(H,18,19)/t13-/m0/s1. The van der Waals surface area contributed by atoms with Crippen molar-refractivity contribution in [1.29, 1.82) is 0 Å². The van der Waals surface area contributed by atoms with Crippen LogP contribution in [0.5, 0.6) is 0 Å². The summed E-state index contributed by atoms with van der Waals surface area (Å²) in [6.45, 7) is -0.116. The molecular formula is C14H18N2O5S. The second-order valence-corrected chi connectivity index (χ2v) is 7.39. The van der Waals surface area contributed by atoms with E-state index in [1.165, 1.54) is 11.9 Å². The maximum Gasteiger partial charge on any atom is 0.331 e. The van der Waals surface area contributed by atoms with Crippen molar-refractivity contribution in [2.45, 2.75) is 12.5 Å². The van der Waals surface area contributed by atoms with Gasteiger partial charge >= 0.3 is 5.97 Å². The van der Waals surface area contributed by atoms with Gasteiger partial charge < -0.3 is 10.0 Å². The zero-order valence-corrected chi connectivity index (χ0v) is 13.2. The number of nitrogens with zero attached hydrogens (tertiary/aromatic N) is 2. The zero-order valence-electron chi connectivity index (χ0n) is 12.4. The summed E-state index contributed by atoms with van der Waals surface area (Å²) in [5.41, 5.74) is 1.48. The summed E-state index contributed by atoms with van der Waals surface area (Å²) >= 11 is 0. The molecule has 0 saturated carbocycles. The van der Waals surface area contributed by atoms with Crippen LogP contribution in [0.25, 0.3) is 0 Å². The summed E-state index contributed by atoms with van der Waals surface area (Å²) in [7, 11) is -2.20. The molecule has 0 unspecified atom stereocenters. The summed E-state index contributed by atoms with van der Waals surface area (Å²) < 4.78 is 23.7. The van der Waals surface area contributed by atoms with Crippen LogP contribution in [0.3, 0.4) is 0 Å². The van der Waals surface area contributed by atoms with E-state index in [1.807, 2.05) is 12.1 Å². The third-order valence-corrected chi connectivity index (χ3v) is 5.02. The molecule has 1 aliphatic heterocycles. The van der Waals surface area contributed by atoms with E-state index in [0.29, 0.717) is 12.0 Å². The maximum atomic E-state index is 12.3. The normalized spacial score (nSPS) is 18.1. The predicted molar refractivity (Wildman–Crippen MR) is 79.7 cm³/mol. The molecular weight excluding hydrogens is 308 g/mol. The molecule has 2 rings (SSSR count). The molecule has 1 heterocycles. The highest BCUT2D eigenvalue weighted by Crippen LogP contribution is 2.30. The molecule has 120 valence electrons. The number of aliphatic carboxylic acids is 1. The average molecular weight is 326 g/mol. The number of fused-ring (bicyclic) bond motifs is 1. The van der Waals surface area contributed by atoms with Gasteiger partial charge in [0, 0.05) is 13.6 Å². The minimum absolute atomic E-state index is 0.254. The van der Waals surface area contributed by atoms with Crippen LogP contribution in [0.2, 0.25) is 0 Å². The van der Waals surface area contributed by atoms with E-state index in [2.05, 4.69) is 0 Å². The summed E-state index contributed by atoms with van der Waals surface area (Å²) in [5, 5.41) is 9.47. The van der Waals surface area contributed by atoms with Gasteiger partial charge in [-0.1, -0.05) is 24.3 Å². The number of carbonyl (C=O) groups excluding carboxylic acids is 1. The van der Waals surface area contributed by atoms with Crippen LogP contribution >= 0.6 is 0 Å². The first kappa shape index (κ1) is 16.4. The molecule has 0 aliphatic carbocycles. The van der Waals surface area contributed by atoms with E-state index in [-0.39, 0.29) is 13.1 Å². The van der Waals surface area contributed by atoms with Gasteiger partial charge in [-0.05, 0) is 17.5 Å². The second kappa shape index (κ2) is 6.05. The van der Waals surface area contributed by atoms with E-state index in [4.69, 9.17) is 0 Å². The molecule has 1 aromatic carbocycles. The lowest BCUT2D eigenvalue weighted by Crippen LogP contribution is -2.47. The highest BCUT2D eigenvalue weighted by Gasteiger charge is 2.36. The fraction of sp³-hybridized carbons (Fsp3) is 0.429. The van der Waals surface area contributed by atoms with E-state index in [9.17, 15) is 23.1 Å². The van der Waals surface area contributed by atoms with Gasteiger partial charge in [-0.15, -0.1) is 0 Å². The molecule has 0 radical (unpaired) electrons. The first-order chi connectivity index (χ1) is 10.2. The van der Waals surface area contributed by atoms with Crippen molar-refractivity contribution >= 4 is 21.9 Å². The second-order valence-electron chi connectivity index (χ2n) is 5.30. The first-order valence-electron chi connectivity index (χ1n) is 6.73. The van der Waals surface area contributed by atoms with Gasteiger partial charge in [-0.2, -0.15) is 4.31 Å². The van der Waals surface area contributed by atoms with Crippen molar-refractivity contribution in [2.24, 2.45) is 0 Å². The largest absolute Gasteiger partial charge is 0.479 e. The van der Waals surface area contributed by atoms with Crippen LogP contribution in [-0.2, 0) is 26.0 Å². The van der Waals surface area contributed by atoms with Gasteiger partial charge in [0.15, 0.2) is 6.04 Å². The molecule has 0 fully saturated rings. The Morgan fingerprint density at radius 3 is 2.59 bits per heavy atom. The number of amides is 1. The topological polar surface area (TPSA) is 95.0 Å². The van der Waals surface area contributed by atoms with Gasteiger partial charge in [0.25, 0.3) is 0 Å². The molecule has 0 bridgehead atoms. The summed E-state index contributed by atoms with van der Waals surface area (Å²) in [6, 6.07) is 6.01. The highest BCUT2D eigenvalue weighted by atomic mass is 32.2. The number of sulfonamides is 1. The number of hydrogen-bond donors (Lipinski definition) is 1. The molecule has 22 heavy (non-hydrogen) atoms. The molecule has 7 nitrogen and oxygen atoms in total. The number of carboxylic acids is 1. The van der Waals surface area contributed by atoms with E-state index in [1.54, 1.807) is 12.1 Å². The third-order valence-electron chi connectivity index (χ3n) is 3.76. The van der Waals surface area contributed by atoms with Gasteiger partial charge in [-0.25, -0.2) is 13.2 Å². The third kappa shape index (κ3) is 3.28. The lowest BCUT2D eigenvalue weighted by atomic mass is 9.92. The summed E-state index contributed by atoms with van der Waals surface area (Å²) in [6.07, 6.45) is 1.55. The van der Waals surface area contributed by atoms with Crippen LogP contribution < -0.4 is 0 Å². The number of likely N-dealkylation sites (N-methyl/N-ethyl adjacent to an activating group) is 1. The molecule has 8 heteroatoms. The number of carboxylic acid groups (broad SMARTS) is 1. The Bertz CT molecular complexity index is 701. The lowest BCUT2D eigenvalue weighted by Gasteiger charge is -2.35. The van der Waals surface area contributed by atoms with Crippen molar-refractivity contribution < 1.29 is 23.1 Å². The van der Waals surface area contributed by atoms with Crippen LogP contribution in [0.1, 0.15) is 17.2 Å². The predicted octanol–water partition coefficient (Wildman–Crippen LogP) is 0.0884. The molecule has 1 N–H and O–H groups in total. The smallest absolute Gasteiger partial charge is 0.331 e. The van der Waals surface area contributed by atoms with Crippen LogP contribution in [0.4, 0.5) is 0 Å². The Hall–Kier alpha value is -1.93. The Labute approximate surface area is 129 Å². The fourth-order valence-electron chi connectivity index (χ4n) is 2.50. The minimum atomic E-state index is -3.50. The summed E-state index contributed by atoms with van der Waals surface area (Å²) in [4.78, 5) is 25.2. The monoisotopic (exact) mass is 326 g/mol. The number of rotatable bonds is 4. The van der Waals surface area contributed by atoms with Crippen molar-refractivity contribution in [3.63, 3.8) is 0 Å². The van der Waals surface area contributed by atoms with Crippen LogP contribution in [-0.4, -0.2) is 61.0 Å². The Balaban J connectivity index is 2.28. The molecule has 0 saturated heterocycles. The first-order valence-corrected chi connectivity index (χ1v) is 8.58. The highest BCUT2D eigenvalue weighted by molar-refractivity contribution is 7.88. The van der Waals surface area contributed by atoms with E-state index >= 15 is 0 Å². The summed E-state index contributed by atoms with van der Waals surface area (Å²) in [5.74, 6) is -1.64. The molecule has 1 aromatic rings. The molecule has 0 aromatic heterocycles. The van der Waals surface area contributed by atoms with E-state index < -0.39 is 27.9 Å². The SMILES string of the molecule is CN(CC(=O)N1CCc2ccccc2[C@H]1C(=O)O)S(C)(=O)=O. The van der Waals surface area contributed by atoms with Crippen molar-refractivity contribution in [3.05, 3.63) is 35.4 Å². The number of benzene rings is 1. The molecule has 1 amide bonds. The van der Waals surface area contributed by atoms with Crippen LogP contribution in [0.15, 0.2) is 24.3 Å². The van der Waals surface area contributed by atoms with Gasteiger partial charge in [0.05, 0.1) is 12.8 Å². The van der Waals surface area contributed by atoms with Crippen molar-refractivity contribution in [3.8, 4) is 0 Å².